The van der Waals surface area contributed by atoms with Crippen molar-refractivity contribution >= 4 is 70.8 Å². The molecule has 0 atom stereocenters. The number of anilines is 3. The number of nitrogens with two attached hydrogens (primary N) is 2. The third-order valence-corrected chi connectivity index (χ3v) is 19.4. The largest absolute Gasteiger partial charge is 0.465 e. The third-order valence-electron chi connectivity index (χ3n) is 19.4. The van der Waals surface area contributed by atoms with Gasteiger partial charge < -0.3 is 138 Å². The van der Waals surface area contributed by atoms with Crippen LogP contribution in [-0.4, -0.2) is 477 Å². The van der Waals surface area contributed by atoms with E-state index >= 15 is 0 Å². The fourth-order valence-corrected chi connectivity index (χ4v) is 11.6. The molecule has 0 unspecified atom stereocenters. The quantitative estimate of drug-likeness (QED) is 0.00863. The normalized spacial score (nSPS) is 12.4. The molecule has 45 nitrogen and oxygen atoms in total. The summed E-state index contributed by atoms with van der Waals surface area (Å²) >= 11 is 0. The number of methoxy groups -OCH3 is 3. The Morgan fingerprint density at radius 2 is 0.795 bits per heavy atom. The second kappa shape index (κ2) is 103. The number of nitrogens with zero attached hydrogens (tertiary/aromatic N) is 11. The van der Waals surface area contributed by atoms with Crippen molar-refractivity contribution in [1.82, 2.24) is 54.2 Å². The van der Waals surface area contributed by atoms with Crippen LogP contribution in [0.25, 0.3) is 0 Å². The van der Waals surface area contributed by atoms with E-state index in [1.54, 1.807) is 104 Å². The molecule has 3 saturated heterocycles. The average Bonchev–Trinajstić information content (AvgIpc) is 1.01. The van der Waals surface area contributed by atoms with Gasteiger partial charge in [0.2, 0.25) is 5.91 Å². The molecule has 0 bridgehead atoms. The number of ether oxygens (including phenoxy) is 16. The minimum atomic E-state index is -0.555. The van der Waals surface area contributed by atoms with E-state index in [2.05, 4.69) is 75.5 Å². The molecule has 0 spiro atoms. The predicted octanol–water partition coefficient (Wildman–Crippen LogP) is 5.52. The lowest BCUT2D eigenvalue weighted by molar-refractivity contribution is -0.146. The summed E-state index contributed by atoms with van der Waals surface area (Å²) in [5.74, 6) is -0.695. The zero-order valence-corrected chi connectivity index (χ0v) is 91.4. The summed E-state index contributed by atoms with van der Waals surface area (Å²) in [5.41, 5.74) is 16.4. The van der Waals surface area contributed by atoms with Gasteiger partial charge in [-0.05, 0) is 74.4 Å². The van der Waals surface area contributed by atoms with Crippen molar-refractivity contribution < 1.29 is 150 Å². The lowest BCUT2D eigenvalue weighted by Crippen LogP contribution is -2.39. The molecule has 2 aromatic heterocycles. The van der Waals surface area contributed by atoms with E-state index < -0.39 is 11.7 Å². The number of rotatable bonds is 54. The van der Waals surface area contributed by atoms with Crippen molar-refractivity contribution in [2.75, 3.05) is 349 Å². The first-order valence-corrected chi connectivity index (χ1v) is 49.6. The zero-order valence-electron chi connectivity index (χ0n) is 91.4. The van der Waals surface area contributed by atoms with Crippen LogP contribution in [0.4, 0.5) is 21.9 Å². The molecule has 4 aromatic rings. The van der Waals surface area contributed by atoms with Gasteiger partial charge >= 0.3 is 47.9 Å². The number of esters is 7. The summed E-state index contributed by atoms with van der Waals surface area (Å²) in [7, 11) is 10.7. The van der Waals surface area contributed by atoms with Gasteiger partial charge in [-0.2, -0.15) is 0 Å². The molecule has 45 heteroatoms. The summed E-state index contributed by atoms with van der Waals surface area (Å²) in [6, 6.07) is 19.8. The second-order valence-corrected chi connectivity index (χ2v) is 33.5. The van der Waals surface area contributed by atoms with E-state index in [4.69, 9.17) is 118 Å². The smallest absolute Gasteiger partial charge is 0.410 e. The average molecular weight is 2090 g/mol. The fourth-order valence-electron chi connectivity index (χ4n) is 11.6. The Bertz CT molecular complexity index is 3480. The van der Waals surface area contributed by atoms with E-state index in [-0.39, 0.29) is 134 Å². The lowest BCUT2D eigenvalue weighted by Gasteiger charge is -2.26. The number of pyridine rings is 1. The van der Waals surface area contributed by atoms with Gasteiger partial charge in [-0.3, -0.25) is 72.7 Å². The maximum atomic E-state index is 11.4. The number of aromatic amines is 1. The third kappa shape index (κ3) is 97.8. The molecule has 2 amide bonds. The highest BCUT2D eigenvalue weighted by Gasteiger charge is 2.22. The molecule has 0 radical (unpaired) electrons. The number of imidazole rings is 1. The number of para-hydroxylation sites is 2. The molecule has 5 heterocycles. The topological polar surface area (TPSA) is 545 Å². The van der Waals surface area contributed by atoms with Crippen molar-refractivity contribution in [2.24, 2.45) is 0 Å². The number of aliphatic hydroxyl groups excluding tert-OH is 6. The van der Waals surface area contributed by atoms with Gasteiger partial charge in [0.15, 0.2) is 0 Å². The van der Waals surface area contributed by atoms with Crippen LogP contribution in [0.1, 0.15) is 152 Å². The molecule has 11 N–H and O–H groups in total. The number of β-amino-alcohol motifs (C(OH)–C–C–N with tert-alkyl or cyclic N) is 1. The summed E-state index contributed by atoms with van der Waals surface area (Å²) in [6.07, 6.45) is 11.0. The number of likely N-dealkylation sites (tertiary alicyclic amines) is 1. The van der Waals surface area contributed by atoms with Crippen molar-refractivity contribution in [3.63, 3.8) is 0 Å². The molecule has 0 saturated carbocycles. The number of aromatic nitrogens is 3. The fraction of sp³-hybridized carbons (Fsp3) is 0.713. The van der Waals surface area contributed by atoms with E-state index in [0.29, 0.717) is 143 Å². The number of hydrogen-bond acceptors (Lipinski definition) is 42. The number of amides is 2. The van der Waals surface area contributed by atoms with E-state index in [1.807, 2.05) is 78.3 Å². The molecule has 3 fully saturated rings. The molecule has 846 valence electrons. The van der Waals surface area contributed by atoms with Gasteiger partial charge in [-0.25, -0.2) is 9.78 Å². The first-order valence-electron chi connectivity index (χ1n) is 49.6. The van der Waals surface area contributed by atoms with Gasteiger partial charge in [-0.1, -0.05) is 84.9 Å². The lowest BCUT2D eigenvalue weighted by atomic mass is 9.93. The molecule has 3 aliphatic rings. The van der Waals surface area contributed by atoms with Crippen LogP contribution in [-0.2, 0) is 114 Å². The number of H-pyrrole nitrogens is 1. The Morgan fingerprint density at radius 1 is 0.445 bits per heavy atom. The predicted molar refractivity (Wildman–Crippen MR) is 558 cm³/mol. The van der Waals surface area contributed by atoms with Crippen LogP contribution >= 0.6 is 0 Å². The van der Waals surface area contributed by atoms with Crippen molar-refractivity contribution in [3.8, 4) is 0 Å². The summed E-state index contributed by atoms with van der Waals surface area (Å²) in [4.78, 5) is 125. The van der Waals surface area contributed by atoms with Gasteiger partial charge in [-0.15, -0.1) is 0 Å². The number of carbonyl (C=O) groups is 9. The minimum absolute atomic E-state index is 0.0694. The van der Waals surface area contributed by atoms with Gasteiger partial charge in [0, 0.05) is 275 Å². The van der Waals surface area contributed by atoms with E-state index in [1.165, 1.54) is 49.4 Å². The van der Waals surface area contributed by atoms with Gasteiger partial charge in [0.1, 0.15) is 72.2 Å². The van der Waals surface area contributed by atoms with Crippen molar-refractivity contribution in [1.29, 1.82) is 0 Å². The molecular formula is C101H186N14O31. The zero-order chi connectivity index (χ0) is 111. The van der Waals surface area contributed by atoms with E-state index in [9.17, 15) is 43.2 Å². The maximum absolute atomic E-state index is 11.4. The second-order valence-electron chi connectivity index (χ2n) is 33.5. The first-order chi connectivity index (χ1) is 69.8. The Morgan fingerprint density at radius 3 is 1.05 bits per heavy atom. The number of hydrogen-bond donors (Lipinski definition) is 9. The summed E-state index contributed by atoms with van der Waals surface area (Å²) in [5, 5.41) is 51.3. The highest BCUT2D eigenvalue weighted by Crippen LogP contribution is 2.29. The van der Waals surface area contributed by atoms with E-state index in [0.717, 1.165) is 116 Å². The van der Waals surface area contributed by atoms with Crippen LogP contribution in [0.2, 0.25) is 0 Å². The molecular weight excluding hydrogens is 1910 g/mol. The molecule has 146 heavy (non-hydrogen) atoms. The van der Waals surface area contributed by atoms with Crippen LogP contribution in [0.5, 0.6) is 0 Å². The van der Waals surface area contributed by atoms with Crippen LogP contribution in [0, 0.1) is 0 Å². The monoisotopic (exact) mass is 2090 g/mol. The Balaban J connectivity index is -0.000000504. The molecule has 0 aliphatic carbocycles. The van der Waals surface area contributed by atoms with Crippen LogP contribution < -0.4 is 16.4 Å². The van der Waals surface area contributed by atoms with Crippen molar-refractivity contribution in [3.05, 3.63) is 103 Å². The number of nitrogen functional groups attached to an aromatic ring is 2. The maximum Gasteiger partial charge on any atom is 0.410 e. The van der Waals surface area contributed by atoms with Crippen molar-refractivity contribution in [2.45, 2.75) is 146 Å². The van der Waals surface area contributed by atoms with Gasteiger partial charge in [0.25, 0.3) is 0 Å². The Labute approximate surface area is 868 Å². The summed E-state index contributed by atoms with van der Waals surface area (Å²) in [6.45, 7) is 46.5. The number of morpholine rings is 2. The standard InChI is InChI=1S/C15H27NO6.C12H27NO6.C12H21NO6.C12H19N.C9H19NO4.C8H15NO3.C7H10N2.C6H15NO3.C6H13NO2.C6H7N.C5H9NO.C3H4N2/c1-4-13(17)20-10-7-16(8-11-21-14(18)5-2)9-12-22-15(19)6-3;1-14-10-17-7-4-13(5-8-18-11-15-2)6-9-19-12-16-3;1-10(14)17-7-4-13(5-8-18-11(2)15)6-9-19-12(3)16;1-8(2)10-6-5-7-11(9(3)4)12(10)13;1-9(2,3)14-8(13)10(4-6-11)5-7-12;1-8(10)12-7-4-9-2-5-11-6-3-9;1-9(2)7-3-5-8-6-4-7;8-4-1-7(2-5-9)3-6-10;8-4-1-7-2-5-9-6-3-7;7-6-4-2-1-3-5-6;1-6-4-2-3-5(6)7;1-2-5-3-4-1/h4-12H2,1-3H3;4-12H2,1-3H3;4-9H2,1-3H3;5-9H,13H2,1-4H3;11-12H,4-7H2,1-3H3;2-7H2,1H3;3-6H,1-2H3;8-10H,1-6H2;8H,1-6H2;1-5H,7H2;2-4H2,1H3;1-3H,(H,4,5). The van der Waals surface area contributed by atoms with Crippen LogP contribution in [0.15, 0.2) is 91.8 Å². The van der Waals surface area contributed by atoms with Gasteiger partial charge in [0.05, 0.1) is 92.2 Å². The number of benzene rings is 2. The highest BCUT2D eigenvalue weighted by molar-refractivity contribution is 5.77. The number of aliphatic hydroxyl groups is 6. The Hall–Kier alpha value is -9.57. The summed E-state index contributed by atoms with van der Waals surface area (Å²) < 4.78 is 80.1. The molecule has 7 rings (SSSR count). The minimum Gasteiger partial charge on any atom is -0.465 e. The highest BCUT2D eigenvalue weighted by atomic mass is 16.7. The molecule has 2 aromatic carbocycles. The SMILES string of the molecule is CC(=O)OCCN(CCOC(C)=O)CCOC(C)=O.CC(=O)OCCN1CCOCC1.CC(C)(C)OC(=O)N(CCO)CCO.CC(C)c1cccc(C(C)C)c1N.CCC(=O)OCCN(CCOC(=O)CC)CCOC(=O)CC.CN(C)c1ccncc1.CN1CCCC1=O.COCOCCN(CCOCOC)CCOCOC.Nc1ccccc1.OCCN(CCO)CCO.OCCN1CCOCC1.c1c[nH]cn1. The number of carbonyl (C=O) groups excluding carboxylic acids is 9. The molecule has 3 aliphatic heterocycles. The first kappa shape index (κ1) is 145. The number of nitrogens with one attached hydrogen (secondary N) is 1. The Kier molecular flexibility index (Phi) is 102. The van der Waals surface area contributed by atoms with Crippen LogP contribution in [0.3, 0.4) is 0 Å².